The van der Waals surface area contributed by atoms with Gasteiger partial charge in [0.1, 0.15) is 5.01 Å². The number of nitrogens with zero attached hydrogens (tertiary/aromatic N) is 4. The summed E-state index contributed by atoms with van der Waals surface area (Å²) < 4.78 is 7.40. The third kappa shape index (κ3) is 3.36. The van der Waals surface area contributed by atoms with Gasteiger partial charge in [0.15, 0.2) is 17.3 Å². The predicted octanol–water partition coefficient (Wildman–Crippen LogP) is 7.62. The molecule has 2 heterocycles. The highest BCUT2D eigenvalue weighted by molar-refractivity contribution is 7.21. The number of hydrogen-bond donors (Lipinski definition) is 0. The van der Waals surface area contributed by atoms with Crippen LogP contribution in [0.15, 0.2) is 101 Å². The van der Waals surface area contributed by atoms with E-state index < -0.39 is 0 Å². The minimum atomic E-state index is 0.626. The minimum Gasteiger partial charge on any atom is -0.453 e. The molecule has 1 aliphatic heterocycles. The van der Waals surface area contributed by atoms with Crippen LogP contribution >= 0.6 is 11.3 Å². The first kappa shape index (κ1) is 20.3. The molecule has 0 fully saturated rings. The van der Waals surface area contributed by atoms with Gasteiger partial charge in [-0.05, 0) is 37.0 Å². The molecule has 0 saturated heterocycles. The van der Waals surface area contributed by atoms with Crippen molar-refractivity contribution >= 4 is 51.2 Å². The third-order valence-electron chi connectivity index (χ3n) is 5.80. The number of aliphatic imine (C=N–C) groups is 2. The highest BCUT2D eigenvalue weighted by atomic mass is 32.1. The van der Waals surface area contributed by atoms with E-state index in [-0.39, 0.29) is 0 Å². The molecule has 4 aromatic carbocycles. The first-order valence-electron chi connectivity index (χ1n) is 10.9. The van der Waals surface area contributed by atoms with Gasteiger partial charge < -0.3 is 9.64 Å². The van der Waals surface area contributed by atoms with Gasteiger partial charge in [0.05, 0.1) is 21.6 Å². The summed E-state index contributed by atoms with van der Waals surface area (Å²) in [4.78, 5) is 15.3. The Kier molecular flexibility index (Phi) is 4.93. The lowest BCUT2D eigenvalue weighted by atomic mass is 10.1. The Hall–Kier alpha value is -4.29. The molecule has 0 amide bonds. The van der Waals surface area contributed by atoms with E-state index in [0.717, 1.165) is 54.9 Å². The number of para-hydroxylation sites is 3. The number of hydrogen-bond acceptors (Lipinski definition) is 5. The largest absolute Gasteiger partial charge is 0.453 e. The second kappa shape index (κ2) is 8.24. The zero-order valence-electron chi connectivity index (χ0n) is 18.5. The lowest BCUT2D eigenvalue weighted by Crippen LogP contribution is -2.15. The first-order valence-corrected chi connectivity index (χ1v) is 11.7. The predicted molar refractivity (Wildman–Crippen MR) is 142 cm³/mol. The van der Waals surface area contributed by atoms with Crippen molar-refractivity contribution in [3.8, 4) is 22.1 Å². The van der Waals surface area contributed by atoms with Gasteiger partial charge in [-0.2, -0.15) is 0 Å². The fourth-order valence-corrected chi connectivity index (χ4v) is 5.19. The Labute approximate surface area is 201 Å². The fraction of sp³-hybridized carbons (Fsp3) is 0.0357. The van der Waals surface area contributed by atoms with Crippen LogP contribution in [0.25, 0.3) is 20.8 Å². The van der Waals surface area contributed by atoms with E-state index in [1.165, 1.54) is 0 Å². The van der Waals surface area contributed by atoms with E-state index in [1.54, 1.807) is 18.4 Å². The molecule has 5 nitrogen and oxygen atoms in total. The molecule has 6 heteroatoms. The average Bonchev–Trinajstić information content (AvgIpc) is 3.30. The molecule has 0 bridgehead atoms. The van der Waals surface area contributed by atoms with E-state index in [4.69, 9.17) is 9.72 Å². The minimum absolute atomic E-state index is 0.626. The normalized spacial score (nSPS) is 12.7. The molecule has 0 atom stereocenters. The maximum atomic E-state index is 6.33. The lowest BCUT2D eigenvalue weighted by molar-refractivity contribution is 0.478. The van der Waals surface area contributed by atoms with Crippen LogP contribution in [0.5, 0.6) is 11.5 Å². The van der Waals surface area contributed by atoms with Crippen LogP contribution in [-0.4, -0.2) is 24.6 Å². The van der Waals surface area contributed by atoms with Gasteiger partial charge in [0.25, 0.3) is 0 Å². The zero-order valence-corrected chi connectivity index (χ0v) is 19.3. The average molecular weight is 461 g/mol. The number of anilines is 3. The molecular formula is C28H20N4OS. The number of aromatic nitrogens is 1. The van der Waals surface area contributed by atoms with Gasteiger partial charge in [0.2, 0.25) is 0 Å². The van der Waals surface area contributed by atoms with Gasteiger partial charge in [-0.25, -0.2) is 9.98 Å². The fourth-order valence-electron chi connectivity index (χ4n) is 4.21. The summed E-state index contributed by atoms with van der Waals surface area (Å²) in [5.74, 6) is 2.28. The topological polar surface area (TPSA) is 50.1 Å². The summed E-state index contributed by atoms with van der Waals surface area (Å²) in [5.41, 5.74) is 5.99. The van der Waals surface area contributed by atoms with Gasteiger partial charge in [-0.1, -0.05) is 54.6 Å². The summed E-state index contributed by atoms with van der Waals surface area (Å²) in [7, 11) is 1.71. The Morgan fingerprint density at radius 2 is 1.65 bits per heavy atom. The quantitative estimate of drug-likeness (QED) is 0.202. The monoisotopic (exact) mass is 460 g/mol. The summed E-state index contributed by atoms with van der Waals surface area (Å²) >= 11 is 1.65. The second-order valence-corrected chi connectivity index (χ2v) is 8.86. The van der Waals surface area contributed by atoms with Crippen molar-refractivity contribution in [1.82, 2.24) is 4.98 Å². The number of rotatable bonds is 3. The van der Waals surface area contributed by atoms with E-state index in [9.17, 15) is 0 Å². The molecule has 0 unspecified atom stereocenters. The number of benzene rings is 4. The summed E-state index contributed by atoms with van der Waals surface area (Å²) in [6.07, 6.45) is 0. The van der Waals surface area contributed by atoms with Gasteiger partial charge in [0, 0.05) is 29.9 Å². The van der Waals surface area contributed by atoms with Crippen molar-refractivity contribution in [2.45, 2.75) is 0 Å². The maximum absolute atomic E-state index is 6.33. The number of amidine groups is 1. The van der Waals surface area contributed by atoms with Crippen molar-refractivity contribution in [1.29, 1.82) is 0 Å². The molecule has 1 aromatic heterocycles. The number of ether oxygens (including phenoxy) is 1. The molecule has 0 radical (unpaired) electrons. The van der Waals surface area contributed by atoms with Crippen LogP contribution in [0.4, 0.5) is 17.1 Å². The van der Waals surface area contributed by atoms with E-state index >= 15 is 0 Å². The van der Waals surface area contributed by atoms with E-state index in [2.05, 4.69) is 51.9 Å². The van der Waals surface area contributed by atoms with Crippen molar-refractivity contribution in [3.05, 3.63) is 96.6 Å². The first-order chi connectivity index (χ1) is 16.7. The van der Waals surface area contributed by atoms with E-state index in [1.807, 2.05) is 60.7 Å². The van der Waals surface area contributed by atoms with Crippen molar-refractivity contribution < 1.29 is 4.74 Å². The third-order valence-corrected chi connectivity index (χ3v) is 6.87. The highest BCUT2D eigenvalue weighted by Crippen LogP contribution is 2.52. The molecule has 0 aliphatic carbocycles. The van der Waals surface area contributed by atoms with Crippen molar-refractivity contribution in [2.24, 2.45) is 9.98 Å². The van der Waals surface area contributed by atoms with Gasteiger partial charge in [-0.15, -0.1) is 11.3 Å². The van der Waals surface area contributed by atoms with Gasteiger partial charge in [-0.3, -0.25) is 4.99 Å². The lowest BCUT2D eigenvalue weighted by Gasteiger charge is -2.32. The molecule has 164 valence electrons. The van der Waals surface area contributed by atoms with Gasteiger partial charge >= 0.3 is 0 Å². The molecule has 5 aromatic rings. The van der Waals surface area contributed by atoms with Crippen LogP contribution < -0.4 is 9.64 Å². The highest BCUT2D eigenvalue weighted by Gasteiger charge is 2.26. The molecule has 0 saturated carbocycles. The van der Waals surface area contributed by atoms with Crippen LogP contribution in [0.1, 0.15) is 5.56 Å². The van der Waals surface area contributed by atoms with Crippen molar-refractivity contribution in [2.75, 3.05) is 11.9 Å². The van der Waals surface area contributed by atoms with Crippen LogP contribution in [0.3, 0.4) is 0 Å². The summed E-state index contributed by atoms with van der Waals surface area (Å²) in [6, 6.07) is 30.8. The molecule has 0 N–H and O–H groups in total. The van der Waals surface area contributed by atoms with E-state index in [0.29, 0.717) is 5.84 Å². The van der Waals surface area contributed by atoms with Crippen molar-refractivity contribution in [3.63, 3.8) is 0 Å². The Bertz CT molecular complexity index is 1560. The molecular weight excluding hydrogens is 440 g/mol. The number of thiazole rings is 1. The Balaban J connectivity index is 1.46. The van der Waals surface area contributed by atoms with Crippen LogP contribution in [0.2, 0.25) is 0 Å². The molecule has 0 spiro atoms. The smallest absolute Gasteiger partial charge is 0.153 e. The standard InChI is InChI=1S/C28H20N4OS/c1-29-27(30-2)18-12-14-19(15-13-18)28-31-21-16-23-25(17-26(21)34-28)33-24-11-7-6-10-22(24)32(23)20-8-4-3-5-9-20/h3-17H,1H2,2H3. The summed E-state index contributed by atoms with van der Waals surface area (Å²) in [6.45, 7) is 3.59. The zero-order chi connectivity index (χ0) is 23.1. The summed E-state index contributed by atoms with van der Waals surface area (Å²) in [5, 5.41) is 0.953. The number of fused-ring (bicyclic) bond motifs is 3. The van der Waals surface area contributed by atoms with Crippen LogP contribution in [0, 0.1) is 0 Å². The molecule has 1 aliphatic rings. The second-order valence-electron chi connectivity index (χ2n) is 7.83. The van der Waals surface area contributed by atoms with Crippen LogP contribution in [-0.2, 0) is 0 Å². The molecule has 34 heavy (non-hydrogen) atoms. The SMILES string of the molecule is C=NC(=NC)c1ccc(-c2nc3cc4c(cc3s2)Oc2ccccc2N4c2ccccc2)cc1. The molecule has 6 rings (SSSR count). The Morgan fingerprint density at radius 1 is 0.882 bits per heavy atom. The Morgan fingerprint density at radius 3 is 2.41 bits per heavy atom. The maximum Gasteiger partial charge on any atom is 0.153 e.